The van der Waals surface area contributed by atoms with Gasteiger partial charge >= 0.3 is 0 Å². The molecule has 0 radical (unpaired) electrons. The van der Waals surface area contributed by atoms with Crippen molar-refractivity contribution in [3.63, 3.8) is 0 Å². The molecule has 0 bridgehead atoms. The molecule has 0 saturated carbocycles. The number of nitrogens with zero attached hydrogens (tertiary/aromatic N) is 1. The first-order valence-electron chi connectivity index (χ1n) is 5.36. The third-order valence-corrected chi connectivity index (χ3v) is 3.41. The molecule has 0 unspecified atom stereocenters. The lowest BCUT2D eigenvalue weighted by Crippen LogP contribution is -2.49. The fraction of sp³-hybridized carbons (Fsp3) is 1.00. The Morgan fingerprint density at radius 1 is 1.54 bits per heavy atom. The third kappa shape index (κ3) is 4.89. The molecule has 1 aliphatic rings. The lowest BCUT2D eigenvalue weighted by atomic mass is 10.2. The van der Waals surface area contributed by atoms with Gasteiger partial charge in [0.1, 0.15) is 0 Å². The largest absolute Gasteiger partial charge is 0.312 e. The van der Waals surface area contributed by atoms with Gasteiger partial charge in [-0.3, -0.25) is 0 Å². The summed E-state index contributed by atoms with van der Waals surface area (Å²) in [5.41, 5.74) is 0. The van der Waals surface area contributed by atoms with E-state index >= 15 is 0 Å². The summed E-state index contributed by atoms with van der Waals surface area (Å²) in [5.74, 6) is 2.59. The minimum Gasteiger partial charge on any atom is -0.312 e. The van der Waals surface area contributed by atoms with Gasteiger partial charge in [0, 0.05) is 25.7 Å². The Hall–Kier alpha value is 0.270. The van der Waals surface area contributed by atoms with E-state index in [-0.39, 0.29) is 0 Å². The quantitative estimate of drug-likeness (QED) is 0.679. The molecule has 0 aromatic heterocycles. The summed E-state index contributed by atoms with van der Waals surface area (Å²) in [6, 6.07) is 0.688. The van der Waals surface area contributed by atoms with Gasteiger partial charge in [-0.05, 0) is 31.4 Å². The van der Waals surface area contributed by atoms with Crippen molar-refractivity contribution in [2.24, 2.45) is 0 Å². The highest BCUT2D eigenvalue weighted by Crippen LogP contribution is 2.04. The monoisotopic (exact) mass is 202 g/mol. The van der Waals surface area contributed by atoms with E-state index in [1.165, 1.54) is 44.1 Å². The molecule has 0 aromatic carbocycles. The first-order chi connectivity index (χ1) is 6.33. The second kappa shape index (κ2) is 6.68. The number of rotatable bonds is 5. The molecule has 3 heteroatoms. The van der Waals surface area contributed by atoms with Crippen LogP contribution in [0, 0.1) is 0 Å². The van der Waals surface area contributed by atoms with Crippen molar-refractivity contribution >= 4 is 11.8 Å². The Kier molecular flexibility index (Phi) is 5.83. The summed E-state index contributed by atoms with van der Waals surface area (Å²) < 4.78 is 0. The van der Waals surface area contributed by atoms with E-state index in [1.807, 2.05) is 0 Å². The minimum atomic E-state index is 0.688. The van der Waals surface area contributed by atoms with Crippen LogP contribution >= 0.6 is 11.8 Å². The number of piperazine rings is 1. The molecule has 1 aliphatic heterocycles. The molecule has 2 nitrogen and oxygen atoms in total. The Balaban J connectivity index is 2.00. The number of hydrogen-bond donors (Lipinski definition) is 1. The van der Waals surface area contributed by atoms with Crippen molar-refractivity contribution in [3.8, 4) is 0 Å². The predicted octanol–water partition coefficient (Wildman–Crippen LogP) is 1.42. The molecule has 1 fully saturated rings. The number of hydrogen-bond acceptors (Lipinski definition) is 3. The SMILES string of the molecule is CCSCCCN1CCN[C@@H](C)C1. The third-order valence-electron chi connectivity index (χ3n) is 2.42. The molecule has 0 aromatic rings. The van der Waals surface area contributed by atoms with Crippen LogP contribution in [0.3, 0.4) is 0 Å². The van der Waals surface area contributed by atoms with Crippen molar-refractivity contribution in [1.29, 1.82) is 0 Å². The maximum Gasteiger partial charge on any atom is 0.0167 e. The van der Waals surface area contributed by atoms with Crippen LogP contribution in [0.2, 0.25) is 0 Å². The molecule has 1 rings (SSSR count). The van der Waals surface area contributed by atoms with Crippen LogP contribution in [0.25, 0.3) is 0 Å². The second-order valence-corrected chi connectivity index (χ2v) is 5.10. The Morgan fingerprint density at radius 3 is 3.08 bits per heavy atom. The van der Waals surface area contributed by atoms with Gasteiger partial charge in [-0.2, -0.15) is 11.8 Å². The van der Waals surface area contributed by atoms with Crippen molar-refractivity contribution in [2.45, 2.75) is 26.3 Å². The highest BCUT2D eigenvalue weighted by atomic mass is 32.2. The average molecular weight is 202 g/mol. The summed E-state index contributed by atoms with van der Waals surface area (Å²) in [4.78, 5) is 2.58. The lowest BCUT2D eigenvalue weighted by molar-refractivity contribution is 0.208. The van der Waals surface area contributed by atoms with E-state index in [9.17, 15) is 0 Å². The van der Waals surface area contributed by atoms with E-state index < -0.39 is 0 Å². The van der Waals surface area contributed by atoms with E-state index in [0.29, 0.717) is 6.04 Å². The summed E-state index contributed by atoms with van der Waals surface area (Å²) in [6.07, 6.45) is 1.35. The first-order valence-corrected chi connectivity index (χ1v) is 6.52. The normalized spacial score (nSPS) is 24.9. The van der Waals surface area contributed by atoms with Gasteiger partial charge in [0.2, 0.25) is 0 Å². The minimum absolute atomic E-state index is 0.688. The zero-order valence-corrected chi connectivity index (χ0v) is 9.70. The summed E-state index contributed by atoms with van der Waals surface area (Å²) in [6.45, 7) is 9.43. The zero-order valence-electron chi connectivity index (χ0n) is 8.88. The highest BCUT2D eigenvalue weighted by Gasteiger charge is 2.14. The summed E-state index contributed by atoms with van der Waals surface area (Å²) in [7, 11) is 0. The molecule has 0 aliphatic carbocycles. The van der Waals surface area contributed by atoms with Gasteiger partial charge in [-0.25, -0.2) is 0 Å². The average Bonchev–Trinajstić information content (AvgIpc) is 2.13. The van der Waals surface area contributed by atoms with Crippen molar-refractivity contribution in [2.75, 3.05) is 37.7 Å². The van der Waals surface area contributed by atoms with E-state index in [0.717, 1.165) is 0 Å². The predicted molar refractivity (Wildman–Crippen MR) is 61.5 cm³/mol. The van der Waals surface area contributed by atoms with Crippen LogP contribution in [0.4, 0.5) is 0 Å². The van der Waals surface area contributed by atoms with Crippen LogP contribution in [0.15, 0.2) is 0 Å². The molecular weight excluding hydrogens is 180 g/mol. The first kappa shape index (κ1) is 11.3. The standard InChI is InChI=1S/C10H22N2S/c1-3-13-8-4-6-12-7-5-11-10(2)9-12/h10-11H,3-9H2,1-2H3/t10-/m0/s1. The van der Waals surface area contributed by atoms with E-state index in [1.54, 1.807) is 0 Å². The van der Waals surface area contributed by atoms with Crippen molar-refractivity contribution < 1.29 is 0 Å². The lowest BCUT2D eigenvalue weighted by Gasteiger charge is -2.31. The fourth-order valence-corrected chi connectivity index (χ4v) is 2.37. The molecule has 0 amide bonds. The van der Waals surface area contributed by atoms with Crippen LogP contribution in [-0.2, 0) is 0 Å². The van der Waals surface area contributed by atoms with Gasteiger partial charge in [-0.15, -0.1) is 0 Å². The molecule has 78 valence electrons. The smallest absolute Gasteiger partial charge is 0.0167 e. The van der Waals surface area contributed by atoms with Crippen LogP contribution in [0.1, 0.15) is 20.3 Å². The molecule has 1 heterocycles. The molecular formula is C10H22N2S. The van der Waals surface area contributed by atoms with Gasteiger partial charge < -0.3 is 10.2 Å². The molecule has 1 atom stereocenters. The molecule has 13 heavy (non-hydrogen) atoms. The Bertz CT molecular complexity index is 130. The van der Waals surface area contributed by atoms with Gasteiger partial charge in [0.15, 0.2) is 0 Å². The molecule has 1 saturated heterocycles. The van der Waals surface area contributed by atoms with Gasteiger partial charge in [0.25, 0.3) is 0 Å². The van der Waals surface area contributed by atoms with E-state index in [4.69, 9.17) is 0 Å². The summed E-state index contributed by atoms with van der Waals surface area (Å²) >= 11 is 2.06. The Labute approximate surface area is 86.5 Å². The van der Waals surface area contributed by atoms with E-state index in [2.05, 4.69) is 35.8 Å². The fourth-order valence-electron chi connectivity index (χ4n) is 1.75. The second-order valence-electron chi connectivity index (χ2n) is 3.71. The van der Waals surface area contributed by atoms with Crippen LogP contribution in [-0.4, -0.2) is 48.6 Å². The topological polar surface area (TPSA) is 15.3 Å². The number of thioether (sulfide) groups is 1. The van der Waals surface area contributed by atoms with Gasteiger partial charge in [-0.1, -0.05) is 6.92 Å². The van der Waals surface area contributed by atoms with Crippen molar-refractivity contribution in [3.05, 3.63) is 0 Å². The van der Waals surface area contributed by atoms with Crippen LogP contribution in [0.5, 0.6) is 0 Å². The van der Waals surface area contributed by atoms with Crippen LogP contribution < -0.4 is 5.32 Å². The maximum absolute atomic E-state index is 3.47. The Morgan fingerprint density at radius 2 is 2.38 bits per heavy atom. The number of nitrogens with one attached hydrogen (secondary N) is 1. The zero-order chi connectivity index (χ0) is 9.52. The molecule has 1 N–H and O–H groups in total. The maximum atomic E-state index is 3.47. The van der Waals surface area contributed by atoms with Gasteiger partial charge in [0.05, 0.1) is 0 Å². The van der Waals surface area contributed by atoms with Crippen molar-refractivity contribution in [1.82, 2.24) is 10.2 Å². The summed E-state index contributed by atoms with van der Waals surface area (Å²) in [5, 5.41) is 3.47. The molecule has 0 spiro atoms. The highest BCUT2D eigenvalue weighted by molar-refractivity contribution is 7.99.